The minimum atomic E-state index is -0.855. The maximum absolute atomic E-state index is 10.6. The number of rotatable bonds is 5. The first-order chi connectivity index (χ1) is 8.58. The summed E-state index contributed by atoms with van der Waals surface area (Å²) in [5.74, 6) is -0.862. The number of thioether (sulfide) groups is 1. The molecule has 18 heavy (non-hydrogen) atoms. The van der Waals surface area contributed by atoms with Gasteiger partial charge in [-0.2, -0.15) is 0 Å². The van der Waals surface area contributed by atoms with Crippen molar-refractivity contribution in [2.75, 3.05) is 5.75 Å². The number of nitrogens with zero attached hydrogens (tertiary/aromatic N) is 3. The molecule has 0 aromatic carbocycles. The van der Waals surface area contributed by atoms with Crippen molar-refractivity contribution in [2.45, 2.75) is 18.6 Å². The molecule has 2 aromatic rings. The van der Waals surface area contributed by atoms with E-state index in [0.29, 0.717) is 11.7 Å². The number of carbonyl (C=O) groups is 1. The van der Waals surface area contributed by atoms with Crippen molar-refractivity contribution in [1.82, 2.24) is 14.5 Å². The fourth-order valence-corrected chi connectivity index (χ4v) is 2.35. The van der Waals surface area contributed by atoms with Crippen molar-refractivity contribution in [3.8, 4) is 0 Å². The highest BCUT2D eigenvalue weighted by atomic mass is 32.2. The summed E-state index contributed by atoms with van der Waals surface area (Å²) >= 11 is 1.21. The van der Waals surface area contributed by atoms with E-state index in [0.717, 1.165) is 16.6 Å². The van der Waals surface area contributed by atoms with Crippen LogP contribution >= 0.6 is 11.8 Å². The number of carboxylic acids is 1. The van der Waals surface area contributed by atoms with Gasteiger partial charge in [0.15, 0.2) is 5.16 Å². The zero-order chi connectivity index (χ0) is 13.1. The monoisotopic (exact) mass is 263 g/mol. The molecule has 1 N–H and O–H groups in total. The number of aromatic nitrogens is 3. The molecular formula is C12H13N3O2S. The molecule has 6 heteroatoms. The minimum absolute atomic E-state index is 0.00700. The average molecular weight is 263 g/mol. The highest BCUT2D eigenvalue weighted by Crippen LogP contribution is 2.24. The molecule has 0 fully saturated rings. The molecule has 0 bridgehead atoms. The normalized spacial score (nSPS) is 10.7. The SMILES string of the molecule is C=C(C)Cn1c(SCC(=O)O)nc2cnccc21. The molecule has 0 atom stereocenters. The van der Waals surface area contributed by atoms with Crippen LogP contribution in [0.3, 0.4) is 0 Å². The van der Waals surface area contributed by atoms with E-state index in [9.17, 15) is 4.79 Å². The molecule has 94 valence electrons. The van der Waals surface area contributed by atoms with Crippen molar-refractivity contribution in [1.29, 1.82) is 0 Å². The second-order valence-corrected chi connectivity index (χ2v) is 4.93. The fourth-order valence-electron chi connectivity index (χ4n) is 1.62. The molecule has 0 unspecified atom stereocenters. The third kappa shape index (κ3) is 2.70. The Kier molecular flexibility index (Phi) is 3.66. The lowest BCUT2D eigenvalue weighted by Crippen LogP contribution is -2.03. The first-order valence-electron chi connectivity index (χ1n) is 5.37. The third-order valence-electron chi connectivity index (χ3n) is 2.27. The molecule has 0 saturated heterocycles. The Morgan fingerprint density at radius 3 is 3.06 bits per heavy atom. The summed E-state index contributed by atoms with van der Waals surface area (Å²) in [4.78, 5) is 19.0. The lowest BCUT2D eigenvalue weighted by Gasteiger charge is -2.07. The zero-order valence-corrected chi connectivity index (χ0v) is 10.8. The van der Waals surface area contributed by atoms with Gasteiger partial charge in [0.2, 0.25) is 0 Å². The van der Waals surface area contributed by atoms with Crippen molar-refractivity contribution in [3.05, 3.63) is 30.6 Å². The third-order valence-corrected chi connectivity index (χ3v) is 3.23. The standard InChI is InChI=1S/C12H13N3O2S/c1-8(2)6-15-10-3-4-13-5-9(10)14-12(15)18-7-11(16)17/h3-5H,1,6-7H2,2H3,(H,16,17). The number of hydrogen-bond donors (Lipinski definition) is 1. The van der Waals surface area contributed by atoms with Crippen LogP contribution in [0.15, 0.2) is 35.8 Å². The number of allylic oxidation sites excluding steroid dienone is 1. The van der Waals surface area contributed by atoms with E-state index >= 15 is 0 Å². The van der Waals surface area contributed by atoms with Crippen LogP contribution in [-0.2, 0) is 11.3 Å². The Hall–Kier alpha value is -1.82. The molecule has 0 radical (unpaired) electrons. The summed E-state index contributed by atoms with van der Waals surface area (Å²) in [5, 5.41) is 9.42. The van der Waals surface area contributed by atoms with Crippen LogP contribution in [0.4, 0.5) is 0 Å². The largest absolute Gasteiger partial charge is 0.481 e. The topological polar surface area (TPSA) is 68.0 Å². The van der Waals surface area contributed by atoms with Crippen molar-refractivity contribution >= 4 is 28.8 Å². The van der Waals surface area contributed by atoms with Gasteiger partial charge >= 0.3 is 5.97 Å². The lowest BCUT2D eigenvalue weighted by atomic mass is 10.3. The molecule has 5 nitrogen and oxygen atoms in total. The van der Waals surface area contributed by atoms with Gasteiger partial charge < -0.3 is 9.67 Å². The quantitative estimate of drug-likeness (QED) is 0.661. The Bertz CT molecular complexity index is 606. The van der Waals surface area contributed by atoms with E-state index in [1.165, 1.54) is 11.8 Å². The highest BCUT2D eigenvalue weighted by molar-refractivity contribution is 7.99. The summed E-state index contributed by atoms with van der Waals surface area (Å²) in [6.07, 6.45) is 3.37. The Morgan fingerprint density at radius 1 is 1.61 bits per heavy atom. The van der Waals surface area contributed by atoms with Gasteiger partial charge in [0.05, 0.1) is 17.5 Å². The highest BCUT2D eigenvalue weighted by Gasteiger charge is 2.12. The lowest BCUT2D eigenvalue weighted by molar-refractivity contribution is -0.133. The van der Waals surface area contributed by atoms with Crippen molar-refractivity contribution in [2.24, 2.45) is 0 Å². The van der Waals surface area contributed by atoms with Crippen LogP contribution in [0.5, 0.6) is 0 Å². The number of carboxylic acid groups (broad SMARTS) is 1. The van der Waals surface area contributed by atoms with Gasteiger partial charge in [-0.25, -0.2) is 4.98 Å². The Morgan fingerprint density at radius 2 is 2.39 bits per heavy atom. The molecule has 0 saturated carbocycles. The maximum Gasteiger partial charge on any atom is 0.313 e. The molecule has 0 aliphatic carbocycles. The van der Waals surface area contributed by atoms with Gasteiger partial charge in [-0.1, -0.05) is 23.9 Å². The van der Waals surface area contributed by atoms with Crippen molar-refractivity contribution in [3.63, 3.8) is 0 Å². The van der Waals surface area contributed by atoms with Crippen LogP contribution in [0.2, 0.25) is 0 Å². The van der Waals surface area contributed by atoms with E-state index in [4.69, 9.17) is 5.11 Å². The zero-order valence-electron chi connectivity index (χ0n) is 9.96. The second kappa shape index (κ2) is 5.22. The van der Waals surface area contributed by atoms with E-state index < -0.39 is 5.97 Å². The van der Waals surface area contributed by atoms with Crippen LogP contribution in [0.25, 0.3) is 11.0 Å². The minimum Gasteiger partial charge on any atom is -0.481 e. The van der Waals surface area contributed by atoms with E-state index in [2.05, 4.69) is 16.5 Å². The van der Waals surface area contributed by atoms with Crippen LogP contribution < -0.4 is 0 Å². The second-order valence-electron chi connectivity index (χ2n) is 3.98. The predicted octanol–water partition coefficient (Wildman–Crippen LogP) is 2.18. The van der Waals surface area contributed by atoms with Crippen molar-refractivity contribution < 1.29 is 9.90 Å². The number of pyridine rings is 1. The van der Waals surface area contributed by atoms with Crippen LogP contribution in [0, 0.1) is 0 Å². The van der Waals surface area contributed by atoms with Gasteiger partial charge in [-0.05, 0) is 13.0 Å². The molecule has 2 aromatic heterocycles. The smallest absolute Gasteiger partial charge is 0.313 e. The molecular weight excluding hydrogens is 250 g/mol. The molecule has 0 spiro atoms. The number of hydrogen-bond acceptors (Lipinski definition) is 4. The first-order valence-corrected chi connectivity index (χ1v) is 6.35. The van der Waals surface area contributed by atoms with Gasteiger partial charge in [0.25, 0.3) is 0 Å². The number of imidazole rings is 1. The maximum atomic E-state index is 10.6. The van der Waals surface area contributed by atoms with Gasteiger partial charge in [-0.3, -0.25) is 9.78 Å². The van der Waals surface area contributed by atoms with Gasteiger partial charge in [0.1, 0.15) is 5.52 Å². The summed E-state index contributed by atoms with van der Waals surface area (Å²) in [7, 11) is 0. The molecule has 2 rings (SSSR count). The predicted molar refractivity (Wildman–Crippen MR) is 70.7 cm³/mol. The van der Waals surface area contributed by atoms with Crippen LogP contribution in [-0.4, -0.2) is 31.4 Å². The van der Waals surface area contributed by atoms with Gasteiger partial charge in [-0.15, -0.1) is 0 Å². The van der Waals surface area contributed by atoms with E-state index in [1.807, 2.05) is 17.6 Å². The molecule has 0 amide bonds. The summed E-state index contributed by atoms with van der Waals surface area (Å²) in [6, 6.07) is 1.87. The fraction of sp³-hybridized carbons (Fsp3) is 0.250. The first kappa shape index (κ1) is 12.6. The van der Waals surface area contributed by atoms with Gasteiger partial charge in [0, 0.05) is 12.7 Å². The molecule has 0 aliphatic heterocycles. The number of fused-ring (bicyclic) bond motifs is 1. The Balaban J connectivity index is 2.42. The average Bonchev–Trinajstić information content (AvgIpc) is 2.64. The summed E-state index contributed by atoms with van der Waals surface area (Å²) < 4.78 is 1.97. The molecule has 2 heterocycles. The summed E-state index contributed by atoms with van der Waals surface area (Å²) in [5.41, 5.74) is 2.70. The summed E-state index contributed by atoms with van der Waals surface area (Å²) in [6.45, 7) is 6.44. The van der Waals surface area contributed by atoms with Crippen LogP contribution in [0.1, 0.15) is 6.92 Å². The van der Waals surface area contributed by atoms with E-state index in [-0.39, 0.29) is 5.75 Å². The van der Waals surface area contributed by atoms with E-state index in [1.54, 1.807) is 12.4 Å². The molecule has 0 aliphatic rings. The Labute approximate surface area is 109 Å². The number of aliphatic carboxylic acids is 1.